The van der Waals surface area contributed by atoms with Gasteiger partial charge in [0, 0.05) is 5.92 Å². The third-order valence-electron chi connectivity index (χ3n) is 1.45. The molecule has 0 bridgehead atoms. The zero-order chi connectivity index (χ0) is 7.49. The van der Waals surface area contributed by atoms with Gasteiger partial charge in [0.2, 0.25) is 0 Å². The molecule has 3 heteroatoms. The molecule has 0 aliphatic carbocycles. The smallest absolute Gasteiger partial charge is 0.294 e. The summed E-state index contributed by atoms with van der Waals surface area (Å²) in [6.07, 6.45) is 0. The molecule has 0 amide bonds. The largest absolute Gasteiger partial charge is 0.446 e. The number of nitrogens with two attached hydrogens (primary N) is 1. The first-order chi connectivity index (χ1) is 4.00. The van der Waals surface area contributed by atoms with Crippen molar-refractivity contribution in [3.05, 3.63) is 0 Å². The monoisotopic (exact) mass is 131 g/mol. The van der Waals surface area contributed by atoms with Crippen molar-refractivity contribution < 1.29 is 9.53 Å². The van der Waals surface area contributed by atoms with E-state index >= 15 is 0 Å². The van der Waals surface area contributed by atoms with Gasteiger partial charge in [0.05, 0.1) is 0 Å². The third kappa shape index (κ3) is 2.46. The number of hydrogen-bond acceptors (Lipinski definition) is 3. The SMILES string of the molecule is CC(C)C(C)(N)OC=O. The Kier molecular flexibility index (Phi) is 2.65. The van der Waals surface area contributed by atoms with Gasteiger partial charge < -0.3 is 4.74 Å². The third-order valence-corrected chi connectivity index (χ3v) is 1.45. The number of ether oxygens (including phenoxy) is 1. The minimum Gasteiger partial charge on any atom is -0.446 e. The number of rotatable bonds is 3. The summed E-state index contributed by atoms with van der Waals surface area (Å²) < 4.78 is 4.59. The highest BCUT2D eigenvalue weighted by molar-refractivity contribution is 5.38. The molecular weight excluding hydrogens is 118 g/mol. The van der Waals surface area contributed by atoms with Crippen molar-refractivity contribution in [3.8, 4) is 0 Å². The fourth-order valence-corrected chi connectivity index (χ4v) is 0.240. The highest BCUT2D eigenvalue weighted by Crippen LogP contribution is 2.12. The second-order valence-electron chi connectivity index (χ2n) is 2.55. The summed E-state index contributed by atoms with van der Waals surface area (Å²) in [6.45, 7) is 5.83. The topological polar surface area (TPSA) is 52.3 Å². The average Bonchev–Trinajstić information content (AvgIpc) is 1.65. The molecule has 0 heterocycles. The second-order valence-corrected chi connectivity index (χ2v) is 2.55. The minimum absolute atomic E-state index is 0.141. The highest BCUT2D eigenvalue weighted by atomic mass is 16.5. The van der Waals surface area contributed by atoms with Gasteiger partial charge in [-0.15, -0.1) is 0 Å². The van der Waals surface area contributed by atoms with Crippen LogP contribution in [0.25, 0.3) is 0 Å². The predicted molar refractivity (Wildman–Crippen MR) is 34.6 cm³/mol. The lowest BCUT2D eigenvalue weighted by Crippen LogP contribution is -2.44. The second kappa shape index (κ2) is 2.82. The molecule has 0 aromatic carbocycles. The fourth-order valence-electron chi connectivity index (χ4n) is 0.240. The van der Waals surface area contributed by atoms with Gasteiger partial charge in [0.15, 0.2) is 5.72 Å². The van der Waals surface area contributed by atoms with E-state index in [4.69, 9.17) is 5.73 Å². The summed E-state index contributed by atoms with van der Waals surface area (Å²) in [5, 5.41) is 0. The van der Waals surface area contributed by atoms with E-state index in [1.165, 1.54) is 0 Å². The first kappa shape index (κ1) is 8.43. The van der Waals surface area contributed by atoms with Gasteiger partial charge in [-0.05, 0) is 6.92 Å². The van der Waals surface area contributed by atoms with Crippen LogP contribution < -0.4 is 5.73 Å². The molecule has 0 rings (SSSR count). The first-order valence-electron chi connectivity index (χ1n) is 2.91. The Morgan fingerprint density at radius 2 is 2.11 bits per heavy atom. The van der Waals surface area contributed by atoms with Crippen LogP contribution in [0.1, 0.15) is 20.8 Å². The van der Waals surface area contributed by atoms with Gasteiger partial charge in [-0.3, -0.25) is 10.5 Å². The van der Waals surface area contributed by atoms with Crippen LogP contribution >= 0.6 is 0 Å². The first-order valence-corrected chi connectivity index (χ1v) is 2.91. The summed E-state index contributed by atoms with van der Waals surface area (Å²) in [5.74, 6) is 0.141. The molecule has 1 atom stereocenters. The van der Waals surface area contributed by atoms with Crippen LogP contribution in [0.4, 0.5) is 0 Å². The fraction of sp³-hybridized carbons (Fsp3) is 0.833. The van der Waals surface area contributed by atoms with Crippen molar-refractivity contribution in [1.29, 1.82) is 0 Å². The summed E-state index contributed by atoms with van der Waals surface area (Å²) in [5.41, 5.74) is 4.70. The van der Waals surface area contributed by atoms with E-state index in [0.717, 1.165) is 0 Å². The maximum atomic E-state index is 9.82. The maximum absolute atomic E-state index is 9.82. The zero-order valence-electron chi connectivity index (χ0n) is 6.05. The van der Waals surface area contributed by atoms with Gasteiger partial charge in [-0.1, -0.05) is 13.8 Å². The summed E-state index contributed by atoms with van der Waals surface area (Å²) in [4.78, 5) is 9.82. The van der Waals surface area contributed by atoms with E-state index in [0.29, 0.717) is 6.47 Å². The number of carbonyl (C=O) groups is 1. The molecule has 0 radical (unpaired) electrons. The van der Waals surface area contributed by atoms with E-state index in [1.807, 2.05) is 13.8 Å². The molecule has 2 N–H and O–H groups in total. The molecular formula is C6H13NO2. The maximum Gasteiger partial charge on any atom is 0.294 e. The van der Waals surface area contributed by atoms with E-state index in [-0.39, 0.29) is 5.92 Å². The van der Waals surface area contributed by atoms with Crippen LogP contribution in [0.3, 0.4) is 0 Å². The lowest BCUT2D eigenvalue weighted by atomic mass is 10.0. The Morgan fingerprint density at radius 3 is 2.22 bits per heavy atom. The molecule has 54 valence electrons. The molecule has 9 heavy (non-hydrogen) atoms. The molecule has 0 aliphatic heterocycles. The van der Waals surface area contributed by atoms with Gasteiger partial charge in [-0.2, -0.15) is 0 Å². The van der Waals surface area contributed by atoms with Crippen molar-refractivity contribution in [2.45, 2.75) is 26.5 Å². The minimum atomic E-state index is -0.818. The van der Waals surface area contributed by atoms with Crippen molar-refractivity contribution in [2.24, 2.45) is 11.7 Å². The van der Waals surface area contributed by atoms with Crippen LogP contribution in [-0.2, 0) is 9.53 Å². The summed E-state index contributed by atoms with van der Waals surface area (Å²) in [6, 6.07) is 0. The molecule has 0 aliphatic rings. The van der Waals surface area contributed by atoms with Gasteiger partial charge in [0.25, 0.3) is 6.47 Å². The molecule has 1 unspecified atom stereocenters. The van der Waals surface area contributed by atoms with Gasteiger partial charge in [-0.25, -0.2) is 0 Å². The summed E-state index contributed by atoms with van der Waals surface area (Å²) >= 11 is 0. The van der Waals surface area contributed by atoms with Crippen LogP contribution in [0.15, 0.2) is 0 Å². The van der Waals surface area contributed by atoms with Crippen molar-refractivity contribution in [3.63, 3.8) is 0 Å². The van der Waals surface area contributed by atoms with Gasteiger partial charge >= 0.3 is 0 Å². The van der Waals surface area contributed by atoms with E-state index < -0.39 is 5.72 Å². The van der Waals surface area contributed by atoms with Crippen LogP contribution in [-0.4, -0.2) is 12.2 Å². The average molecular weight is 131 g/mol. The van der Waals surface area contributed by atoms with Crippen LogP contribution in [0, 0.1) is 5.92 Å². The zero-order valence-corrected chi connectivity index (χ0v) is 6.05. The number of hydrogen-bond donors (Lipinski definition) is 1. The lowest BCUT2D eigenvalue weighted by molar-refractivity contribution is -0.145. The Morgan fingerprint density at radius 1 is 1.67 bits per heavy atom. The molecule has 3 nitrogen and oxygen atoms in total. The van der Waals surface area contributed by atoms with Gasteiger partial charge in [0.1, 0.15) is 0 Å². The number of carbonyl (C=O) groups excluding carboxylic acids is 1. The predicted octanol–water partition coefficient (Wildman–Crippen LogP) is 0.490. The standard InChI is InChI=1S/C6H13NO2/c1-5(2)6(3,7)9-4-8/h4-5H,7H2,1-3H3. The molecule has 0 aromatic heterocycles. The van der Waals surface area contributed by atoms with Crippen molar-refractivity contribution >= 4 is 6.47 Å². The van der Waals surface area contributed by atoms with Crippen molar-refractivity contribution in [1.82, 2.24) is 0 Å². The molecule has 0 fully saturated rings. The molecule has 0 saturated heterocycles. The van der Waals surface area contributed by atoms with E-state index in [9.17, 15) is 4.79 Å². The van der Waals surface area contributed by atoms with E-state index in [1.54, 1.807) is 6.92 Å². The summed E-state index contributed by atoms with van der Waals surface area (Å²) in [7, 11) is 0. The van der Waals surface area contributed by atoms with Crippen LogP contribution in [0.2, 0.25) is 0 Å². The molecule has 0 spiro atoms. The quantitative estimate of drug-likeness (QED) is 0.448. The Hall–Kier alpha value is -0.570. The Labute approximate surface area is 55.2 Å². The van der Waals surface area contributed by atoms with Crippen molar-refractivity contribution in [2.75, 3.05) is 0 Å². The molecule has 0 aromatic rings. The molecule has 0 saturated carbocycles. The normalized spacial score (nSPS) is 17.0. The highest BCUT2D eigenvalue weighted by Gasteiger charge is 2.23. The van der Waals surface area contributed by atoms with E-state index in [2.05, 4.69) is 4.74 Å². The Balaban J connectivity index is 3.84. The Bertz CT molecular complexity index is 99.2. The lowest BCUT2D eigenvalue weighted by Gasteiger charge is -2.26. The van der Waals surface area contributed by atoms with Crippen LogP contribution in [0.5, 0.6) is 0 Å².